The molecule has 1 saturated carbocycles. The van der Waals surface area contributed by atoms with Crippen molar-refractivity contribution in [2.24, 2.45) is 10.8 Å². The average molecular weight is 364 g/mol. The smallest absolute Gasteiger partial charge is 0.184 e. The van der Waals surface area contributed by atoms with E-state index in [9.17, 15) is 4.39 Å². The lowest BCUT2D eigenvalue weighted by Gasteiger charge is -2.41. The predicted octanol–water partition coefficient (Wildman–Crippen LogP) is 2.45. The molecule has 5 nitrogen and oxygen atoms in total. The van der Waals surface area contributed by atoms with Crippen molar-refractivity contribution in [2.75, 3.05) is 31.1 Å². The molecule has 1 aliphatic heterocycles. The molecule has 0 amide bonds. The number of nitrogens with one attached hydrogen (secondary N) is 1. The van der Waals surface area contributed by atoms with Crippen molar-refractivity contribution in [3.05, 3.63) is 29.6 Å². The van der Waals surface area contributed by atoms with Crippen LogP contribution in [0.1, 0.15) is 37.7 Å². The third-order valence-corrected chi connectivity index (χ3v) is 5.20. The maximum absolute atomic E-state index is 14.5. The fraction of sp³-hybridized carbons (Fsp3) is 0.556. The molecule has 25 heavy (non-hydrogen) atoms. The van der Waals surface area contributed by atoms with Gasteiger partial charge in [-0.3, -0.25) is 10.3 Å². The summed E-state index contributed by atoms with van der Waals surface area (Å²) in [6.07, 6.45) is 8.24. The molecule has 3 rings (SSSR count). The minimum Gasteiger partial charge on any atom is -0.375 e. The topological polar surface area (TPSA) is 56.9 Å². The van der Waals surface area contributed by atoms with E-state index in [2.05, 4.69) is 32.5 Å². The molecule has 1 saturated heterocycles. The van der Waals surface area contributed by atoms with Crippen LogP contribution in [0, 0.1) is 5.82 Å². The van der Waals surface area contributed by atoms with Gasteiger partial charge in [-0.15, -0.1) is 0 Å². The fourth-order valence-corrected chi connectivity index (χ4v) is 3.86. The molecule has 0 spiro atoms. The van der Waals surface area contributed by atoms with Gasteiger partial charge in [-0.2, -0.15) is 5.10 Å². The van der Waals surface area contributed by atoms with E-state index < -0.39 is 0 Å². The molecule has 1 aliphatic carbocycles. The molecule has 0 aromatic heterocycles. The molecule has 136 valence electrons. The highest BCUT2D eigenvalue weighted by molar-refractivity contribution is 7.80. The molecule has 3 N–H and O–H groups in total. The van der Waals surface area contributed by atoms with Crippen molar-refractivity contribution in [1.82, 2.24) is 10.3 Å². The molecular weight excluding hydrogens is 337 g/mol. The van der Waals surface area contributed by atoms with Gasteiger partial charge in [0.2, 0.25) is 0 Å². The van der Waals surface area contributed by atoms with Crippen molar-refractivity contribution in [1.29, 1.82) is 0 Å². The molecule has 2 fully saturated rings. The van der Waals surface area contributed by atoms with Crippen LogP contribution in [0.25, 0.3) is 0 Å². The molecule has 1 aromatic rings. The first kappa shape index (κ1) is 18.1. The minimum absolute atomic E-state index is 0.0872. The van der Waals surface area contributed by atoms with Gasteiger partial charge >= 0.3 is 0 Å². The zero-order chi connectivity index (χ0) is 17.6. The van der Waals surface area contributed by atoms with E-state index >= 15 is 0 Å². The lowest BCUT2D eigenvalue weighted by Crippen LogP contribution is -2.51. The number of hydrogen-bond acceptors (Lipinski definition) is 4. The summed E-state index contributed by atoms with van der Waals surface area (Å²) in [6.45, 7) is 3.80. The van der Waals surface area contributed by atoms with Gasteiger partial charge in [-0.05, 0) is 42.8 Å². The Balaban J connectivity index is 1.57. The highest BCUT2D eigenvalue weighted by atomic mass is 32.1. The number of hydrogen-bond donors (Lipinski definition) is 2. The van der Waals surface area contributed by atoms with Crippen molar-refractivity contribution < 1.29 is 4.39 Å². The largest absolute Gasteiger partial charge is 0.375 e. The van der Waals surface area contributed by atoms with Crippen LogP contribution in [0.5, 0.6) is 0 Å². The second-order valence-electron chi connectivity index (χ2n) is 6.76. The summed E-state index contributed by atoms with van der Waals surface area (Å²) < 4.78 is 14.5. The molecule has 0 radical (unpaired) electrons. The van der Waals surface area contributed by atoms with Gasteiger partial charge in [0, 0.05) is 32.2 Å². The third-order valence-electron chi connectivity index (χ3n) is 5.11. The molecule has 2 aliphatic rings. The number of nitrogens with zero attached hydrogens (tertiary/aromatic N) is 3. The summed E-state index contributed by atoms with van der Waals surface area (Å²) in [5, 5.41) is 3.95. The normalized spacial score (nSPS) is 20.1. The van der Waals surface area contributed by atoms with Crippen molar-refractivity contribution in [3.8, 4) is 0 Å². The molecule has 1 aromatic carbocycles. The Kier molecular flexibility index (Phi) is 6.20. The lowest BCUT2D eigenvalue weighted by atomic mass is 9.94. The first-order valence-electron chi connectivity index (χ1n) is 9.00. The fourth-order valence-electron chi connectivity index (χ4n) is 3.80. The van der Waals surface area contributed by atoms with Crippen LogP contribution in [0.2, 0.25) is 0 Å². The van der Waals surface area contributed by atoms with Crippen molar-refractivity contribution >= 4 is 29.2 Å². The number of benzene rings is 1. The standard InChI is InChI=1S/C18H26FN5S/c19-16-12-14(13-21-22-18(20)25)6-7-17(16)24-10-8-23(9-11-24)15-4-2-1-3-5-15/h6-7,12-13,15H,1-5,8-11H2,(H3,20,22,25). The molecular formula is C18H26FN5S. The Bertz CT molecular complexity index is 622. The van der Waals surface area contributed by atoms with Crippen LogP contribution >= 0.6 is 12.2 Å². The average Bonchev–Trinajstić information content (AvgIpc) is 2.63. The summed E-state index contributed by atoms with van der Waals surface area (Å²) in [6, 6.07) is 5.92. The van der Waals surface area contributed by atoms with E-state index in [0.29, 0.717) is 11.3 Å². The lowest BCUT2D eigenvalue weighted by molar-refractivity contribution is 0.147. The van der Waals surface area contributed by atoms with Gasteiger partial charge in [-0.25, -0.2) is 4.39 Å². The molecule has 1 heterocycles. The molecule has 0 atom stereocenters. The van der Waals surface area contributed by atoms with Crippen LogP contribution < -0.4 is 16.1 Å². The van der Waals surface area contributed by atoms with E-state index in [1.165, 1.54) is 44.4 Å². The first-order valence-corrected chi connectivity index (χ1v) is 9.41. The van der Waals surface area contributed by atoms with Gasteiger partial charge in [0.1, 0.15) is 5.82 Å². The highest BCUT2D eigenvalue weighted by Gasteiger charge is 2.26. The van der Waals surface area contributed by atoms with E-state index in [1.54, 1.807) is 0 Å². The van der Waals surface area contributed by atoms with Gasteiger partial charge in [0.25, 0.3) is 0 Å². The highest BCUT2D eigenvalue weighted by Crippen LogP contribution is 2.26. The Morgan fingerprint density at radius 3 is 2.56 bits per heavy atom. The Labute approximate surface area is 154 Å². The summed E-state index contributed by atoms with van der Waals surface area (Å²) in [7, 11) is 0. The zero-order valence-electron chi connectivity index (χ0n) is 14.5. The number of anilines is 1. The predicted molar refractivity (Wildman–Crippen MR) is 105 cm³/mol. The third kappa shape index (κ3) is 4.89. The molecule has 0 bridgehead atoms. The van der Waals surface area contributed by atoms with Gasteiger partial charge in [0.15, 0.2) is 5.11 Å². The van der Waals surface area contributed by atoms with Crippen molar-refractivity contribution in [3.63, 3.8) is 0 Å². The minimum atomic E-state index is -0.217. The Morgan fingerprint density at radius 1 is 1.20 bits per heavy atom. The van der Waals surface area contributed by atoms with E-state index in [0.717, 1.165) is 32.2 Å². The van der Waals surface area contributed by atoms with Crippen LogP contribution in [0.15, 0.2) is 23.3 Å². The second-order valence-corrected chi connectivity index (χ2v) is 7.20. The van der Waals surface area contributed by atoms with Crippen LogP contribution in [0.3, 0.4) is 0 Å². The summed E-state index contributed by atoms with van der Waals surface area (Å²) in [5.41, 5.74) is 9.10. The zero-order valence-corrected chi connectivity index (χ0v) is 15.3. The first-order chi connectivity index (χ1) is 12.1. The summed E-state index contributed by atoms with van der Waals surface area (Å²) in [4.78, 5) is 4.73. The van der Waals surface area contributed by atoms with Crippen LogP contribution in [0.4, 0.5) is 10.1 Å². The second kappa shape index (κ2) is 8.58. The maximum Gasteiger partial charge on any atom is 0.184 e. The van der Waals surface area contributed by atoms with Gasteiger partial charge < -0.3 is 10.6 Å². The number of thiocarbonyl (C=S) groups is 1. The van der Waals surface area contributed by atoms with E-state index in [4.69, 9.17) is 5.73 Å². The number of nitrogens with two attached hydrogens (primary N) is 1. The van der Waals surface area contributed by atoms with Crippen LogP contribution in [-0.2, 0) is 0 Å². The number of rotatable bonds is 4. The molecule has 0 unspecified atom stereocenters. The van der Waals surface area contributed by atoms with E-state index in [-0.39, 0.29) is 10.9 Å². The Morgan fingerprint density at radius 2 is 1.92 bits per heavy atom. The monoisotopic (exact) mass is 363 g/mol. The number of halogens is 1. The van der Waals surface area contributed by atoms with Crippen molar-refractivity contribution in [2.45, 2.75) is 38.1 Å². The quantitative estimate of drug-likeness (QED) is 0.489. The van der Waals surface area contributed by atoms with Crippen LogP contribution in [-0.4, -0.2) is 48.4 Å². The van der Waals surface area contributed by atoms with Gasteiger partial charge in [0.05, 0.1) is 11.9 Å². The van der Waals surface area contributed by atoms with Gasteiger partial charge in [-0.1, -0.05) is 25.3 Å². The summed E-state index contributed by atoms with van der Waals surface area (Å²) in [5.74, 6) is -0.217. The maximum atomic E-state index is 14.5. The summed E-state index contributed by atoms with van der Waals surface area (Å²) >= 11 is 4.67. The molecule has 7 heteroatoms. The SMILES string of the molecule is NC(=S)NN=Cc1ccc(N2CCN(C3CCCCC3)CC2)c(F)c1. The number of hydrazone groups is 1. The Hall–Kier alpha value is -1.73. The van der Waals surface area contributed by atoms with E-state index in [1.807, 2.05) is 12.1 Å². The number of piperazine rings is 1.